The first-order valence-corrected chi connectivity index (χ1v) is 18.6. The molecule has 0 aliphatic carbocycles. The van der Waals surface area contributed by atoms with Crippen LogP contribution in [-0.4, -0.2) is 56.1 Å². The molecule has 1 fully saturated rings. The van der Waals surface area contributed by atoms with E-state index in [2.05, 4.69) is 84.2 Å². The smallest absolute Gasteiger partial charge is 0.188 e. The summed E-state index contributed by atoms with van der Waals surface area (Å²) in [6, 6.07) is 0. The highest BCUT2D eigenvalue weighted by molar-refractivity contribution is 7.04. The largest absolute Gasteiger partial charge is 0.336 e. The van der Waals surface area contributed by atoms with Crippen LogP contribution in [0.15, 0.2) is 0 Å². The van der Waals surface area contributed by atoms with Crippen molar-refractivity contribution >= 4 is 33.6 Å². The molecule has 4 nitrogen and oxygen atoms in total. The summed E-state index contributed by atoms with van der Waals surface area (Å²) in [4.78, 5) is 0. The maximum absolute atomic E-state index is 4.05. The van der Waals surface area contributed by atoms with Crippen molar-refractivity contribution in [2.45, 2.75) is 52.4 Å². The zero-order chi connectivity index (χ0) is 14.6. The Bertz CT molecular complexity index is 302. The molecule has 2 N–H and O–H groups in total. The van der Waals surface area contributed by atoms with Gasteiger partial charge in [0.05, 0.1) is 0 Å². The van der Waals surface area contributed by atoms with Gasteiger partial charge in [0, 0.05) is 0 Å². The van der Waals surface area contributed by atoms with Gasteiger partial charge in [-0.1, -0.05) is 0 Å². The monoisotopic (exact) mass is 320 g/mol. The molecule has 0 atom stereocenters. The molecule has 0 aromatic heterocycles. The summed E-state index contributed by atoms with van der Waals surface area (Å²) in [6.07, 6.45) is 0. The number of hydrogen-bond donors (Lipinski definition) is 2. The number of hydrogen-bond acceptors (Lipinski definition) is 4. The van der Waals surface area contributed by atoms with Crippen LogP contribution in [-0.2, 0) is 0 Å². The average molecular weight is 321 g/mol. The van der Waals surface area contributed by atoms with Crippen molar-refractivity contribution in [3.8, 4) is 0 Å². The molecule has 0 bridgehead atoms. The van der Waals surface area contributed by atoms with Gasteiger partial charge in [-0.05, 0) is 66.5 Å². The van der Waals surface area contributed by atoms with Crippen LogP contribution in [0.4, 0.5) is 0 Å². The Morgan fingerprint density at radius 3 is 1.17 bits per heavy atom. The van der Waals surface area contributed by atoms with E-state index in [-0.39, 0.29) is 0 Å². The minimum atomic E-state index is -1.53. The quantitative estimate of drug-likeness (QED) is 0.667. The van der Waals surface area contributed by atoms with Crippen molar-refractivity contribution in [2.24, 2.45) is 0 Å². The molecule has 18 heavy (non-hydrogen) atoms. The topological polar surface area (TPSA) is 30.5 Å². The van der Waals surface area contributed by atoms with Crippen LogP contribution < -0.4 is 9.30 Å². The van der Waals surface area contributed by atoms with Crippen molar-refractivity contribution in [1.82, 2.24) is 17.8 Å². The van der Waals surface area contributed by atoms with E-state index in [1.165, 1.54) is 0 Å². The van der Waals surface area contributed by atoms with Gasteiger partial charge in [0.2, 0.25) is 0 Å². The summed E-state index contributed by atoms with van der Waals surface area (Å²) >= 11 is 0. The summed E-state index contributed by atoms with van der Waals surface area (Å²) in [5, 5.41) is 0. The maximum atomic E-state index is 4.05. The first-order chi connectivity index (χ1) is 7.72. The van der Waals surface area contributed by atoms with E-state index < -0.39 is 33.6 Å². The van der Waals surface area contributed by atoms with Gasteiger partial charge in [0.15, 0.2) is 33.6 Å². The summed E-state index contributed by atoms with van der Waals surface area (Å²) in [5.74, 6) is 0. The third kappa shape index (κ3) is 3.06. The van der Waals surface area contributed by atoms with Gasteiger partial charge >= 0.3 is 0 Å². The Kier molecular flexibility index (Phi) is 4.30. The van der Waals surface area contributed by atoms with Crippen molar-refractivity contribution in [1.29, 1.82) is 0 Å². The van der Waals surface area contributed by atoms with Gasteiger partial charge in [-0.3, -0.25) is 0 Å². The molecule has 0 unspecified atom stereocenters. The van der Waals surface area contributed by atoms with Crippen molar-refractivity contribution in [2.75, 3.05) is 14.1 Å². The standard InChI is InChI=1S/C10H32N4Si4/c1-13-16(5,6)11-15(3,4)12-17(7,8)14(2)18(13,9)10/h11-12H,1-10H3. The molecule has 0 amide bonds. The second-order valence-electron chi connectivity index (χ2n) is 7.61. The molecular weight excluding hydrogens is 288 g/mol. The molecule has 1 aliphatic heterocycles. The zero-order valence-electron chi connectivity index (χ0n) is 13.9. The summed E-state index contributed by atoms with van der Waals surface area (Å²) < 4.78 is 13.6. The number of nitrogens with zero attached hydrogens (tertiary/aromatic N) is 2. The Hall–Kier alpha value is 0.708. The minimum Gasteiger partial charge on any atom is -0.336 e. The predicted molar refractivity (Wildman–Crippen MR) is 91.7 cm³/mol. The Morgan fingerprint density at radius 1 is 0.611 bits per heavy atom. The molecule has 1 saturated heterocycles. The molecule has 108 valence electrons. The fourth-order valence-corrected chi connectivity index (χ4v) is 31.3. The SMILES string of the molecule is CN1[Si](C)(C)N[Si](C)(C)N[Si](C)(C)N(C)[Si]1(C)C. The molecule has 1 heterocycles. The lowest BCUT2D eigenvalue weighted by Gasteiger charge is -2.58. The van der Waals surface area contributed by atoms with Crippen LogP contribution in [0.3, 0.4) is 0 Å². The van der Waals surface area contributed by atoms with Crippen molar-refractivity contribution < 1.29 is 0 Å². The molecule has 0 radical (unpaired) electrons. The summed E-state index contributed by atoms with van der Waals surface area (Å²) in [5.41, 5.74) is 0. The van der Waals surface area contributed by atoms with Crippen LogP contribution >= 0.6 is 0 Å². The normalized spacial score (nSPS) is 31.7. The highest BCUT2D eigenvalue weighted by atomic mass is 28.5. The van der Waals surface area contributed by atoms with Crippen LogP contribution in [0.2, 0.25) is 52.4 Å². The van der Waals surface area contributed by atoms with E-state index in [1.807, 2.05) is 0 Å². The second-order valence-corrected chi connectivity index (χ2v) is 25.7. The van der Waals surface area contributed by atoms with Crippen molar-refractivity contribution in [3.63, 3.8) is 0 Å². The van der Waals surface area contributed by atoms with Crippen LogP contribution in [0, 0.1) is 0 Å². The minimum absolute atomic E-state index is 1.53. The van der Waals surface area contributed by atoms with Gasteiger partial charge in [-0.25, -0.2) is 0 Å². The maximum Gasteiger partial charge on any atom is 0.188 e. The molecule has 0 aromatic rings. The molecular formula is C10H32N4Si4. The molecule has 8 heteroatoms. The second kappa shape index (κ2) is 4.62. The van der Waals surface area contributed by atoms with Gasteiger partial charge in [-0.15, -0.1) is 0 Å². The first-order valence-electron chi connectivity index (χ1n) is 6.79. The summed E-state index contributed by atoms with van der Waals surface area (Å²) in [6.45, 7) is 19.6. The fraction of sp³-hybridized carbons (Fsp3) is 1.00. The van der Waals surface area contributed by atoms with Crippen LogP contribution in [0.25, 0.3) is 0 Å². The van der Waals surface area contributed by atoms with E-state index in [9.17, 15) is 0 Å². The first kappa shape index (κ1) is 16.8. The van der Waals surface area contributed by atoms with E-state index in [0.29, 0.717) is 0 Å². The fourth-order valence-electron chi connectivity index (χ4n) is 3.32. The van der Waals surface area contributed by atoms with E-state index >= 15 is 0 Å². The van der Waals surface area contributed by atoms with E-state index in [1.54, 1.807) is 0 Å². The third-order valence-corrected chi connectivity index (χ3v) is 27.7. The highest BCUT2D eigenvalue weighted by Crippen LogP contribution is 2.26. The van der Waals surface area contributed by atoms with Gasteiger partial charge in [0.1, 0.15) is 0 Å². The van der Waals surface area contributed by atoms with Gasteiger partial charge in [-0.2, -0.15) is 0 Å². The lowest BCUT2D eigenvalue weighted by Crippen LogP contribution is -2.87. The average Bonchev–Trinajstić information content (AvgIpc) is 2.10. The molecule has 0 saturated carbocycles. The number of nitrogens with one attached hydrogen (secondary N) is 2. The Labute approximate surface area is 118 Å². The third-order valence-electron chi connectivity index (χ3n) is 4.56. The highest BCUT2D eigenvalue weighted by Gasteiger charge is 2.52. The Morgan fingerprint density at radius 2 is 0.889 bits per heavy atom. The zero-order valence-corrected chi connectivity index (χ0v) is 17.9. The lowest BCUT2D eigenvalue weighted by atomic mass is 11.6. The van der Waals surface area contributed by atoms with Crippen LogP contribution in [0.1, 0.15) is 0 Å². The molecule has 0 spiro atoms. The van der Waals surface area contributed by atoms with Crippen molar-refractivity contribution in [3.05, 3.63) is 0 Å². The van der Waals surface area contributed by atoms with Gasteiger partial charge < -0.3 is 17.8 Å². The van der Waals surface area contributed by atoms with E-state index in [0.717, 1.165) is 0 Å². The summed E-state index contributed by atoms with van der Waals surface area (Å²) in [7, 11) is -1.41. The molecule has 0 aromatic carbocycles. The molecule has 1 rings (SSSR count). The van der Waals surface area contributed by atoms with Gasteiger partial charge in [0.25, 0.3) is 0 Å². The number of rotatable bonds is 0. The predicted octanol–water partition coefficient (Wildman–Crippen LogP) is 1.85. The lowest BCUT2D eigenvalue weighted by molar-refractivity contribution is 0.598. The van der Waals surface area contributed by atoms with Crippen LogP contribution in [0.5, 0.6) is 0 Å². The Balaban J connectivity index is 3.27. The molecule has 1 aliphatic rings. The van der Waals surface area contributed by atoms with E-state index in [4.69, 9.17) is 0 Å².